The van der Waals surface area contributed by atoms with Crippen LogP contribution in [0.15, 0.2) is 18.2 Å². The number of carbonyl (C=O) groups is 3. The van der Waals surface area contributed by atoms with Crippen molar-refractivity contribution in [3.05, 3.63) is 29.6 Å². The third-order valence-corrected chi connectivity index (χ3v) is 5.82. The van der Waals surface area contributed by atoms with Crippen LogP contribution in [-0.2, 0) is 9.59 Å². The minimum absolute atomic E-state index is 0.0967. The number of rotatable bonds is 3. The molecule has 1 unspecified atom stereocenters. The first kappa shape index (κ1) is 17.9. The minimum Gasteiger partial charge on any atom is -0.370 e. The van der Waals surface area contributed by atoms with E-state index in [9.17, 15) is 18.8 Å². The molecule has 4 rings (SSSR count). The normalized spacial score (nSPS) is 24.3. The van der Waals surface area contributed by atoms with E-state index in [4.69, 9.17) is 0 Å². The first-order valence-electron chi connectivity index (χ1n) is 9.36. The van der Waals surface area contributed by atoms with Gasteiger partial charge in [0.15, 0.2) is 0 Å². The maximum Gasteiger partial charge on any atom is 0.254 e. The number of nitrogens with zero attached hydrogens (tertiary/aromatic N) is 1. The van der Waals surface area contributed by atoms with E-state index in [1.807, 2.05) is 0 Å². The van der Waals surface area contributed by atoms with Gasteiger partial charge in [-0.15, -0.1) is 0 Å². The van der Waals surface area contributed by atoms with Crippen molar-refractivity contribution in [1.29, 1.82) is 0 Å². The van der Waals surface area contributed by atoms with Crippen LogP contribution in [-0.4, -0.2) is 49.9 Å². The number of amides is 3. The highest BCUT2D eigenvalue weighted by Crippen LogP contribution is 2.41. The van der Waals surface area contributed by atoms with Crippen molar-refractivity contribution in [2.75, 3.05) is 31.1 Å². The molecular formula is C19H23FN4O3. The number of benzene rings is 1. The lowest BCUT2D eigenvalue weighted by molar-refractivity contribution is -0.134. The smallest absolute Gasteiger partial charge is 0.254 e. The zero-order valence-electron chi connectivity index (χ0n) is 15.0. The summed E-state index contributed by atoms with van der Waals surface area (Å²) >= 11 is 0. The molecule has 3 aliphatic heterocycles. The maximum atomic E-state index is 14.5. The summed E-state index contributed by atoms with van der Waals surface area (Å²) < 4.78 is 14.5. The molecule has 0 bridgehead atoms. The number of hydrogen-bond donors (Lipinski definition) is 3. The molecule has 3 amide bonds. The van der Waals surface area contributed by atoms with Gasteiger partial charge in [-0.3, -0.25) is 19.7 Å². The van der Waals surface area contributed by atoms with E-state index in [2.05, 4.69) is 20.9 Å². The van der Waals surface area contributed by atoms with Gasteiger partial charge in [0.1, 0.15) is 11.9 Å². The quantitative estimate of drug-likeness (QED) is 0.673. The first-order chi connectivity index (χ1) is 13.0. The number of hydrogen-bond acceptors (Lipinski definition) is 5. The average molecular weight is 374 g/mol. The third-order valence-electron chi connectivity index (χ3n) is 5.82. The Bertz CT molecular complexity index is 783. The molecule has 0 aromatic heterocycles. The van der Waals surface area contributed by atoms with Crippen molar-refractivity contribution < 1.29 is 18.8 Å². The predicted molar refractivity (Wildman–Crippen MR) is 96.8 cm³/mol. The summed E-state index contributed by atoms with van der Waals surface area (Å²) in [6.45, 7) is 3.88. The van der Waals surface area contributed by atoms with Crippen LogP contribution >= 0.6 is 0 Å². The molecule has 3 N–H and O–H groups in total. The van der Waals surface area contributed by atoms with Gasteiger partial charge in [0.25, 0.3) is 5.91 Å². The summed E-state index contributed by atoms with van der Waals surface area (Å²) in [5.41, 5.74) is 1.01. The molecule has 0 aliphatic carbocycles. The Labute approximate surface area is 156 Å². The summed E-state index contributed by atoms with van der Waals surface area (Å²) in [7, 11) is 0. The minimum atomic E-state index is -0.815. The second-order valence-corrected chi connectivity index (χ2v) is 7.75. The van der Waals surface area contributed by atoms with Crippen LogP contribution in [0.5, 0.6) is 0 Å². The molecule has 7 nitrogen and oxygen atoms in total. The Kier molecular flexibility index (Phi) is 4.59. The Balaban J connectivity index is 1.39. The van der Waals surface area contributed by atoms with Crippen LogP contribution in [0, 0.1) is 11.2 Å². The summed E-state index contributed by atoms with van der Waals surface area (Å²) in [6, 6.07) is 3.77. The van der Waals surface area contributed by atoms with Gasteiger partial charge in [0.05, 0.1) is 5.56 Å². The van der Waals surface area contributed by atoms with Gasteiger partial charge in [-0.1, -0.05) is 0 Å². The highest BCUT2D eigenvalue weighted by atomic mass is 19.1. The Morgan fingerprint density at radius 3 is 2.63 bits per heavy atom. The van der Waals surface area contributed by atoms with Crippen LogP contribution in [0.1, 0.15) is 36.0 Å². The van der Waals surface area contributed by atoms with Gasteiger partial charge in [-0.05, 0) is 50.6 Å². The number of carbonyl (C=O) groups excluding carboxylic acids is 3. The van der Waals surface area contributed by atoms with Gasteiger partial charge in [-0.2, -0.15) is 0 Å². The molecule has 3 saturated heterocycles. The molecule has 3 aliphatic rings. The third kappa shape index (κ3) is 3.53. The SMILES string of the molecule is O=C1CCC(NC(=O)c2ccc(N3CC4(CCNCC4)C3)cc2F)C(=O)N1. The van der Waals surface area contributed by atoms with E-state index in [1.165, 1.54) is 12.1 Å². The molecule has 0 radical (unpaired) electrons. The van der Waals surface area contributed by atoms with E-state index in [0.717, 1.165) is 44.7 Å². The zero-order chi connectivity index (χ0) is 19.0. The fourth-order valence-electron chi connectivity index (χ4n) is 4.17. The highest BCUT2D eigenvalue weighted by molar-refractivity contribution is 6.03. The summed E-state index contributed by atoms with van der Waals surface area (Å²) in [5.74, 6) is -2.16. The lowest BCUT2D eigenvalue weighted by Gasteiger charge is -2.53. The van der Waals surface area contributed by atoms with E-state index in [0.29, 0.717) is 5.41 Å². The lowest BCUT2D eigenvalue weighted by atomic mass is 9.72. The number of imide groups is 1. The molecule has 1 spiro atoms. The average Bonchev–Trinajstić information content (AvgIpc) is 2.62. The molecule has 3 heterocycles. The molecule has 27 heavy (non-hydrogen) atoms. The fraction of sp³-hybridized carbons (Fsp3) is 0.526. The standard InChI is InChI=1S/C19H23FN4O3/c20-14-9-12(24-10-19(11-24)5-7-21-8-6-19)1-2-13(14)17(26)22-15-3-4-16(25)23-18(15)27/h1-2,9,15,21H,3-8,10-11H2,(H,22,26)(H,23,25,27). The number of piperidine rings is 2. The monoisotopic (exact) mass is 374 g/mol. The topological polar surface area (TPSA) is 90.5 Å². The van der Waals surface area contributed by atoms with Gasteiger partial charge < -0.3 is 15.5 Å². The second kappa shape index (κ2) is 6.92. The largest absolute Gasteiger partial charge is 0.370 e. The van der Waals surface area contributed by atoms with Crippen LogP contribution in [0.2, 0.25) is 0 Å². The second-order valence-electron chi connectivity index (χ2n) is 7.75. The highest BCUT2D eigenvalue weighted by Gasteiger charge is 2.43. The van der Waals surface area contributed by atoms with E-state index < -0.39 is 23.7 Å². The van der Waals surface area contributed by atoms with Gasteiger partial charge in [0.2, 0.25) is 11.8 Å². The van der Waals surface area contributed by atoms with Crippen LogP contribution in [0.25, 0.3) is 0 Å². The number of anilines is 1. The number of nitrogens with one attached hydrogen (secondary N) is 3. The Hall–Kier alpha value is -2.48. The van der Waals surface area contributed by atoms with Crippen molar-refractivity contribution in [2.24, 2.45) is 5.41 Å². The number of halogens is 1. The van der Waals surface area contributed by atoms with Crippen molar-refractivity contribution >= 4 is 23.4 Å². The van der Waals surface area contributed by atoms with Crippen LogP contribution < -0.4 is 20.9 Å². The van der Waals surface area contributed by atoms with Crippen molar-refractivity contribution in [2.45, 2.75) is 31.7 Å². The Morgan fingerprint density at radius 2 is 1.96 bits per heavy atom. The van der Waals surface area contributed by atoms with E-state index in [1.54, 1.807) is 6.07 Å². The molecule has 8 heteroatoms. The van der Waals surface area contributed by atoms with Crippen molar-refractivity contribution in [3.8, 4) is 0 Å². The predicted octanol–water partition coefficient (Wildman–Crippen LogP) is 0.551. The lowest BCUT2D eigenvalue weighted by Crippen LogP contribution is -2.60. The molecule has 144 valence electrons. The van der Waals surface area contributed by atoms with Gasteiger partial charge in [0, 0.05) is 30.6 Å². The zero-order valence-corrected chi connectivity index (χ0v) is 15.0. The van der Waals surface area contributed by atoms with Crippen LogP contribution in [0.3, 0.4) is 0 Å². The van der Waals surface area contributed by atoms with Gasteiger partial charge >= 0.3 is 0 Å². The fourth-order valence-corrected chi connectivity index (χ4v) is 4.17. The van der Waals surface area contributed by atoms with E-state index >= 15 is 0 Å². The Morgan fingerprint density at radius 1 is 1.22 bits per heavy atom. The molecule has 0 saturated carbocycles. The van der Waals surface area contributed by atoms with Gasteiger partial charge in [-0.25, -0.2) is 4.39 Å². The molecular weight excluding hydrogens is 351 g/mol. The van der Waals surface area contributed by atoms with E-state index in [-0.39, 0.29) is 24.3 Å². The van der Waals surface area contributed by atoms with Crippen molar-refractivity contribution in [3.63, 3.8) is 0 Å². The molecule has 1 aromatic rings. The molecule has 1 aromatic carbocycles. The van der Waals surface area contributed by atoms with Crippen molar-refractivity contribution in [1.82, 2.24) is 16.0 Å². The first-order valence-corrected chi connectivity index (χ1v) is 9.36. The summed E-state index contributed by atoms with van der Waals surface area (Å²) in [6.07, 6.45) is 2.65. The molecule has 3 fully saturated rings. The maximum absolute atomic E-state index is 14.5. The van der Waals surface area contributed by atoms with Crippen LogP contribution in [0.4, 0.5) is 10.1 Å². The summed E-state index contributed by atoms with van der Waals surface area (Å²) in [5, 5.41) is 8.04. The molecule has 1 atom stereocenters. The summed E-state index contributed by atoms with van der Waals surface area (Å²) in [4.78, 5) is 37.4.